The summed E-state index contributed by atoms with van der Waals surface area (Å²) >= 11 is 0. The number of unbranched alkanes of at least 4 members (excludes halogenated alkanes) is 8. The van der Waals surface area contributed by atoms with Crippen LogP contribution in [0.1, 0.15) is 77.6 Å². The summed E-state index contributed by atoms with van der Waals surface area (Å²) in [6.45, 7) is 3.20. The number of esters is 1. The molecule has 1 heterocycles. The normalized spacial score (nSPS) is 10.8. The molecule has 0 spiro atoms. The van der Waals surface area contributed by atoms with Crippen molar-refractivity contribution in [1.82, 2.24) is 9.55 Å². The molecule has 1 N–H and O–H groups in total. The average Bonchev–Trinajstić information content (AvgIpc) is 2.95. The molecule has 1 aromatic heterocycles. The molecule has 0 aromatic carbocycles. The van der Waals surface area contributed by atoms with Crippen molar-refractivity contribution < 1.29 is 9.53 Å². The van der Waals surface area contributed by atoms with Gasteiger partial charge in [0.1, 0.15) is 0 Å². The van der Waals surface area contributed by atoms with Crippen molar-refractivity contribution in [3.8, 4) is 0 Å². The molecule has 0 amide bonds. The van der Waals surface area contributed by atoms with E-state index in [1.54, 1.807) is 17.0 Å². The first-order chi connectivity index (χ1) is 11.2. The Labute approximate surface area is 139 Å². The highest BCUT2D eigenvalue weighted by molar-refractivity contribution is 5.69. The van der Waals surface area contributed by atoms with E-state index in [0.717, 1.165) is 12.8 Å². The number of imidazole rings is 1. The molecule has 0 aliphatic carbocycles. The average molecular weight is 324 g/mol. The summed E-state index contributed by atoms with van der Waals surface area (Å²) in [5, 5.41) is 0. The summed E-state index contributed by atoms with van der Waals surface area (Å²) in [6.07, 6.45) is 15.7. The van der Waals surface area contributed by atoms with Crippen LogP contribution in [0.25, 0.3) is 0 Å². The van der Waals surface area contributed by atoms with Crippen molar-refractivity contribution in [2.24, 2.45) is 0 Å². The standard InChI is InChI=1S/C18H32N2O3/c1-2-3-4-5-6-7-8-9-10-12-17(21)23-16-11-14-20-15-13-19-18(20)22/h13,15H,2-12,14,16H2,1H3,(H,19,22). The largest absolute Gasteiger partial charge is 0.466 e. The van der Waals surface area contributed by atoms with Crippen molar-refractivity contribution in [2.45, 2.75) is 84.1 Å². The van der Waals surface area contributed by atoms with Gasteiger partial charge in [-0.05, 0) is 12.8 Å². The van der Waals surface area contributed by atoms with Gasteiger partial charge in [0.05, 0.1) is 6.61 Å². The second kappa shape index (κ2) is 13.0. The Kier molecular flexibility index (Phi) is 11.0. The SMILES string of the molecule is CCCCCCCCCCCC(=O)OCCCn1cc[nH]c1=O. The van der Waals surface area contributed by atoms with Crippen LogP contribution in [0, 0.1) is 0 Å². The van der Waals surface area contributed by atoms with Gasteiger partial charge in [0.2, 0.25) is 0 Å². The lowest BCUT2D eigenvalue weighted by atomic mass is 10.1. The van der Waals surface area contributed by atoms with Crippen molar-refractivity contribution in [1.29, 1.82) is 0 Å². The van der Waals surface area contributed by atoms with E-state index in [9.17, 15) is 9.59 Å². The molecular weight excluding hydrogens is 292 g/mol. The lowest BCUT2D eigenvalue weighted by Gasteiger charge is -2.05. The third-order valence-corrected chi connectivity index (χ3v) is 4.01. The number of aromatic nitrogens is 2. The predicted molar refractivity (Wildman–Crippen MR) is 92.5 cm³/mol. The minimum Gasteiger partial charge on any atom is -0.466 e. The Morgan fingerprint density at radius 1 is 1.04 bits per heavy atom. The van der Waals surface area contributed by atoms with E-state index in [1.165, 1.54) is 44.9 Å². The summed E-state index contributed by atoms with van der Waals surface area (Å²) in [5.41, 5.74) is -0.119. The second-order valence-corrected chi connectivity index (χ2v) is 6.11. The molecule has 0 saturated carbocycles. The first-order valence-electron chi connectivity index (χ1n) is 9.13. The third kappa shape index (κ3) is 9.97. The summed E-state index contributed by atoms with van der Waals surface area (Å²) < 4.78 is 6.77. The van der Waals surface area contributed by atoms with Gasteiger partial charge in [0, 0.05) is 25.4 Å². The molecule has 1 rings (SSSR count). The Morgan fingerprint density at radius 2 is 1.70 bits per heavy atom. The van der Waals surface area contributed by atoms with Crippen LogP contribution in [-0.4, -0.2) is 22.1 Å². The molecule has 0 bridgehead atoms. The predicted octanol–water partition coefficient (Wildman–Crippen LogP) is 4.03. The topological polar surface area (TPSA) is 64.1 Å². The maximum atomic E-state index is 11.6. The Morgan fingerprint density at radius 3 is 2.30 bits per heavy atom. The van der Waals surface area contributed by atoms with Crippen LogP contribution in [0.3, 0.4) is 0 Å². The van der Waals surface area contributed by atoms with Gasteiger partial charge in [-0.1, -0.05) is 58.3 Å². The van der Waals surface area contributed by atoms with E-state index < -0.39 is 0 Å². The monoisotopic (exact) mass is 324 g/mol. The number of aromatic amines is 1. The number of nitrogens with one attached hydrogen (secondary N) is 1. The molecule has 1 aromatic rings. The van der Waals surface area contributed by atoms with E-state index in [-0.39, 0.29) is 11.7 Å². The summed E-state index contributed by atoms with van der Waals surface area (Å²) in [7, 11) is 0. The van der Waals surface area contributed by atoms with Gasteiger partial charge in [0.25, 0.3) is 0 Å². The minimum absolute atomic E-state index is 0.116. The molecule has 0 atom stereocenters. The van der Waals surface area contributed by atoms with Crippen molar-refractivity contribution in [2.75, 3.05) is 6.61 Å². The fourth-order valence-corrected chi connectivity index (χ4v) is 2.60. The van der Waals surface area contributed by atoms with E-state index in [2.05, 4.69) is 11.9 Å². The number of hydrogen-bond acceptors (Lipinski definition) is 3. The van der Waals surface area contributed by atoms with Gasteiger partial charge in [-0.3, -0.25) is 9.36 Å². The number of nitrogens with zero attached hydrogens (tertiary/aromatic N) is 1. The van der Waals surface area contributed by atoms with Gasteiger partial charge in [-0.25, -0.2) is 4.79 Å². The quantitative estimate of drug-likeness (QED) is 0.415. The highest BCUT2D eigenvalue weighted by Gasteiger charge is 2.03. The Hall–Kier alpha value is -1.52. The van der Waals surface area contributed by atoms with Gasteiger partial charge < -0.3 is 9.72 Å². The molecule has 0 radical (unpaired) electrons. The summed E-state index contributed by atoms with van der Waals surface area (Å²) in [4.78, 5) is 25.4. The molecule has 0 aliphatic heterocycles. The Balaban J connectivity index is 1.87. The zero-order valence-corrected chi connectivity index (χ0v) is 14.5. The van der Waals surface area contributed by atoms with Crippen molar-refractivity contribution in [3.63, 3.8) is 0 Å². The van der Waals surface area contributed by atoms with Gasteiger partial charge in [0.15, 0.2) is 0 Å². The zero-order valence-electron chi connectivity index (χ0n) is 14.5. The lowest BCUT2D eigenvalue weighted by molar-refractivity contribution is -0.143. The number of rotatable bonds is 14. The van der Waals surface area contributed by atoms with Crippen LogP contribution in [0.15, 0.2) is 17.2 Å². The van der Waals surface area contributed by atoms with Crippen LogP contribution in [0.2, 0.25) is 0 Å². The number of H-pyrrole nitrogens is 1. The number of hydrogen-bond donors (Lipinski definition) is 1. The molecule has 23 heavy (non-hydrogen) atoms. The van der Waals surface area contributed by atoms with Crippen molar-refractivity contribution in [3.05, 3.63) is 22.9 Å². The molecule has 132 valence electrons. The van der Waals surface area contributed by atoms with Crippen LogP contribution in [0.4, 0.5) is 0 Å². The van der Waals surface area contributed by atoms with Gasteiger partial charge >= 0.3 is 11.7 Å². The molecule has 0 fully saturated rings. The smallest absolute Gasteiger partial charge is 0.325 e. The first-order valence-corrected chi connectivity index (χ1v) is 9.13. The molecule has 0 saturated heterocycles. The van der Waals surface area contributed by atoms with E-state index in [4.69, 9.17) is 4.74 Å². The highest BCUT2D eigenvalue weighted by atomic mass is 16.5. The maximum Gasteiger partial charge on any atom is 0.325 e. The molecule has 0 unspecified atom stereocenters. The highest BCUT2D eigenvalue weighted by Crippen LogP contribution is 2.10. The molecular formula is C18H32N2O3. The van der Waals surface area contributed by atoms with Crippen LogP contribution < -0.4 is 5.69 Å². The summed E-state index contributed by atoms with van der Waals surface area (Å²) in [5.74, 6) is -0.116. The number of ether oxygens (including phenoxy) is 1. The third-order valence-electron chi connectivity index (χ3n) is 4.01. The van der Waals surface area contributed by atoms with Crippen LogP contribution >= 0.6 is 0 Å². The molecule has 0 aliphatic rings. The van der Waals surface area contributed by atoms with E-state index in [1.807, 2.05) is 0 Å². The maximum absolute atomic E-state index is 11.6. The van der Waals surface area contributed by atoms with Gasteiger partial charge in [-0.2, -0.15) is 0 Å². The van der Waals surface area contributed by atoms with E-state index in [0.29, 0.717) is 26.0 Å². The fraction of sp³-hybridized carbons (Fsp3) is 0.778. The second-order valence-electron chi connectivity index (χ2n) is 6.11. The number of aryl methyl sites for hydroxylation is 1. The fourth-order valence-electron chi connectivity index (χ4n) is 2.60. The van der Waals surface area contributed by atoms with Gasteiger partial charge in [-0.15, -0.1) is 0 Å². The van der Waals surface area contributed by atoms with E-state index >= 15 is 0 Å². The zero-order chi connectivity index (χ0) is 16.8. The Bertz CT molecular complexity index is 465. The summed E-state index contributed by atoms with van der Waals surface area (Å²) in [6, 6.07) is 0. The molecule has 5 nitrogen and oxygen atoms in total. The first kappa shape index (κ1) is 19.5. The van der Waals surface area contributed by atoms with Crippen LogP contribution in [-0.2, 0) is 16.1 Å². The van der Waals surface area contributed by atoms with Crippen molar-refractivity contribution >= 4 is 5.97 Å². The molecule has 5 heteroatoms. The van der Waals surface area contributed by atoms with Crippen LogP contribution in [0.5, 0.6) is 0 Å². The minimum atomic E-state index is -0.119. The lowest BCUT2D eigenvalue weighted by Crippen LogP contribution is -2.17. The number of carbonyl (C=O) groups is 1. The number of carbonyl (C=O) groups excluding carboxylic acids is 1.